The predicted molar refractivity (Wildman–Crippen MR) is 53.7 cm³/mol. The molecular weight excluding hydrogens is 194 g/mol. The first-order valence-corrected chi connectivity index (χ1v) is 4.67. The third-order valence-corrected chi connectivity index (χ3v) is 2.19. The Bertz CT molecular complexity index is 504. The number of carboxylic acids is 1. The standard InChI is InChI=1S/C10H11N3O2/c1-7-4-11-6-13-5-8(12-10(7)13)2-3-9(14)15/h4-6H,2-3H2,1H3,(H,14,15). The first-order valence-electron chi connectivity index (χ1n) is 4.67. The Kier molecular flexibility index (Phi) is 2.37. The fourth-order valence-electron chi connectivity index (χ4n) is 1.45. The van der Waals surface area contributed by atoms with Gasteiger partial charge in [-0.2, -0.15) is 0 Å². The van der Waals surface area contributed by atoms with Gasteiger partial charge in [-0.25, -0.2) is 9.97 Å². The van der Waals surface area contributed by atoms with Crippen molar-refractivity contribution in [3.8, 4) is 0 Å². The molecule has 0 fully saturated rings. The highest BCUT2D eigenvalue weighted by molar-refractivity contribution is 5.67. The van der Waals surface area contributed by atoms with E-state index in [-0.39, 0.29) is 6.42 Å². The van der Waals surface area contributed by atoms with Gasteiger partial charge in [-0.15, -0.1) is 0 Å². The van der Waals surface area contributed by atoms with Crippen molar-refractivity contribution in [2.24, 2.45) is 0 Å². The quantitative estimate of drug-likeness (QED) is 0.813. The molecule has 2 aromatic rings. The van der Waals surface area contributed by atoms with Crippen LogP contribution in [0.15, 0.2) is 18.7 Å². The van der Waals surface area contributed by atoms with Gasteiger partial charge in [-0.05, 0) is 6.92 Å². The van der Waals surface area contributed by atoms with Gasteiger partial charge in [0.15, 0.2) is 0 Å². The molecule has 2 aromatic heterocycles. The van der Waals surface area contributed by atoms with E-state index in [1.807, 2.05) is 17.5 Å². The summed E-state index contributed by atoms with van der Waals surface area (Å²) in [5.74, 6) is -0.804. The molecule has 0 saturated heterocycles. The average molecular weight is 205 g/mol. The Morgan fingerprint density at radius 3 is 3.07 bits per heavy atom. The second-order valence-corrected chi connectivity index (χ2v) is 3.43. The summed E-state index contributed by atoms with van der Waals surface area (Å²) in [5.41, 5.74) is 2.61. The number of imidazole rings is 1. The maximum Gasteiger partial charge on any atom is 0.303 e. The lowest BCUT2D eigenvalue weighted by Crippen LogP contribution is -1.97. The average Bonchev–Trinajstić information content (AvgIpc) is 2.59. The largest absolute Gasteiger partial charge is 0.481 e. The monoisotopic (exact) mass is 205 g/mol. The Balaban J connectivity index is 2.31. The third kappa shape index (κ3) is 1.96. The lowest BCUT2D eigenvalue weighted by atomic mass is 10.2. The van der Waals surface area contributed by atoms with Crippen molar-refractivity contribution in [1.82, 2.24) is 14.4 Å². The number of carbonyl (C=O) groups is 1. The lowest BCUT2D eigenvalue weighted by Gasteiger charge is -1.93. The van der Waals surface area contributed by atoms with Crippen LogP contribution in [0.1, 0.15) is 17.7 Å². The smallest absolute Gasteiger partial charge is 0.303 e. The van der Waals surface area contributed by atoms with Crippen LogP contribution in [0.2, 0.25) is 0 Å². The maximum absolute atomic E-state index is 10.4. The molecule has 0 bridgehead atoms. The second kappa shape index (κ2) is 3.68. The number of aryl methyl sites for hydroxylation is 2. The Morgan fingerprint density at radius 1 is 1.60 bits per heavy atom. The molecule has 0 radical (unpaired) electrons. The van der Waals surface area contributed by atoms with E-state index in [1.165, 1.54) is 0 Å². The zero-order valence-electron chi connectivity index (χ0n) is 8.34. The minimum absolute atomic E-state index is 0.107. The van der Waals surface area contributed by atoms with Gasteiger partial charge in [0, 0.05) is 24.4 Å². The van der Waals surface area contributed by atoms with Crippen LogP contribution in [0, 0.1) is 6.92 Å². The molecule has 5 nitrogen and oxygen atoms in total. The first-order chi connectivity index (χ1) is 7.16. The van der Waals surface area contributed by atoms with E-state index in [1.54, 1.807) is 12.5 Å². The number of hydrogen-bond donors (Lipinski definition) is 1. The van der Waals surface area contributed by atoms with Crippen LogP contribution in [-0.4, -0.2) is 25.4 Å². The van der Waals surface area contributed by atoms with Crippen LogP contribution in [0.5, 0.6) is 0 Å². The van der Waals surface area contributed by atoms with Crippen LogP contribution in [0.25, 0.3) is 5.65 Å². The van der Waals surface area contributed by atoms with Crippen molar-refractivity contribution >= 4 is 11.6 Å². The van der Waals surface area contributed by atoms with Crippen molar-refractivity contribution in [3.05, 3.63) is 30.0 Å². The summed E-state index contributed by atoms with van der Waals surface area (Å²) in [7, 11) is 0. The minimum Gasteiger partial charge on any atom is -0.481 e. The van der Waals surface area contributed by atoms with Crippen molar-refractivity contribution in [3.63, 3.8) is 0 Å². The van der Waals surface area contributed by atoms with E-state index in [4.69, 9.17) is 5.11 Å². The first kappa shape index (κ1) is 9.64. The van der Waals surface area contributed by atoms with Crippen LogP contribution in [0.3, 0.4) is 0 Å². The van der Waals surface area contributed by atoms with E-state index < -0.39 is 5.97 Å². The Hall–Kier alpha value is -1.91. The summed E-state index contributed by atoms with van der Waals surface area (Å²) in [5, 5.41) is 8.56. The molecule has 0 aliphatic carbocycles. The van der Waals surface area contributed by atoms with Gasteiger partial charge < -0.3 is 5.11 Å². The van der Waals surface area contributed by atoms with E-state index >= 15 is 0 Å². The normalized spacial score (nSPS) is 10.7. The zero-order chi connectivity index (χ0) is 10.8. The number of hydrogen-bond acceptors (Lipinski definition) is 3. The number of aliphatic carboxylic acids is 1. The van der Waals surface area contributed by atoms with E-state index in [0.29, 0.717) is 6.42 Å². The van der Waals surface area contributed by atoms with Crippen LogP contribution in [-0.2, 0) is 11.2 Å². The van der Waals surface area contributed by atoms with Crippen molar-refractivity contribution < 1.29 is 9.90 Å². The van der Waals surface area contributed by atoms with Gasteiger partial charge in [-0.1, -0.05) is 0 Å². The molecule has 1 N–H and O–H groups in total. The summed E-state index contributed by atoms with van der Waals surface area (Å²) >= 11 is 0. The molecule has 5 heteroatoms. The highest BCUT2D eigenvalue weighted by Crippen LogP contribution is 2.09. The summed E-state index contributed by atoms with van der Waals surface area (Å²) in [6.07, 6.45) is 5.79. The van der Waals surface area contributed by atoms with Crippen molar-refractivity contribution in [2.45, 2.75) is 19.8 Å². The summed E-state index contributed by atoms with van der Waals surface area (Å²) < 4.78 is 1.81. The zero-order valence-corrected chi connectivity index (χ0v) is 8.34. The number of fused-ring (bicyclic) bond motifs is 1. The molecule has 0 aliphatic rings. The molecule has 2 heterocycles. The second-order valence-electron chi connectivity index (χ2n) is 3.43. The summed E-state index contributed by atoms with van der Waals surface area (Å²) in [6, 6.07) is 0. The molecule has 2 rings (SSSR count). The van der Waals surface area contributed by atoms with Crippen LogP contribution in [0.4, 0.5) is 0 Å². The molecule has 0 amide bonds. The van der Waals surface area contributed by atoms with E-state index in [2.05, 4.69) is 9.97 Å². The number of nitrogens with zero attached hydrogens (tertiary/aromatic N) is 3. The lowest BCUT2D eigenvalue weighted by molar-refractivity contribution is -0.136. The fourth-order valence-corrected chi connectivity index (χ4v) is 1.45. The molecule has 0 unspecified atom stereocenters. The fraction of sp³-hybridized carbons (Fsp3) is 0.300. The topological polar surface area (TPSA) is 67.5 Å². The van der Waals surface area contributed by atoms with Crippen molar-refractivity contribution in [1.29, 1.82) is 0 Å². The van der Waals surface area contributed by atoms with Crippen LogP contribution < -0.4 is 0 Å². The van der Waals surface area contributed by atoms with Crippen molar-refractivity contribution in [2.75, 3.05) is 0 Å². The van der Waals surface area contributed by atoms with Crippen LogP contribution >= 0.6 is 0 Å². The molecule has 0 aromatic carbocycles. The molecule has 0 saturated carbocycles. The number of rotatable bonds is 3. The molecule has 15 heavy (non-hydrogen) atoms. The van der Waals surface area contributed by atoms with Gasteiger partial charge in [0.25, 0.3) is 0 Å². The number of aromatic nitrogens is 3. The number of carboxylic acid groups (broad SMARTS) is 1. The summed E-state index contributed by atoms with van der Waals surface area (Å²) in [4.78, 5) is 18.8. The Morgan fingerprint density at radius 2 is 2.40 bits per heavy atom. The maximum atomic E-state index is 10.4. The van der Waals surface area contributed by atoms with Gasteiger partial charge >= 0.3 is 5.97 Å². The molecular formula is C10H11N3O2. The van der Waals surface area contributed by atoms with Gasteiger partial charge in [-0.3, -0.25) is 9.20 Å². The predicted octanol–water partition coefficient (Wildman–Crippen LogP) is 1.05. The third-order valence-electron chi connectivity index (χ3n) is 2.19. The molecule has 0 atom stereocenters. The van der Waals surface area contributed by atoms with E-state index in [9.17, 15) is 4.79 Å². The molecule has 0 aliphatic heterocycles. The molecule has 78 valence electrons. The highest BCUT2D eigenvalue weighted by atomic mass is 16.4. The summed E-state index contributed by atoms with van der Waals surface area (Å²) in [6.45, 7) is 1.93. The SMILES string of the molecule is Cc1cncn2cc(CCC(=O)O)nc12. The van der Waals surface area contributed by atoms with E-state index in [0.717, 1.165) is 16.9 Å². The Labute approximate surface area is 86.4 Å². The van der Waals surface area contributed by atoms with Gasteiger partial charge in [0.1, 0.15) is 12.0 Å². The highest BCUT2D eigenvalue weighted by Gasteiger charge is 2.05. The van der Waals surface area contributed by atoms with Gasteiger partial charge in [0.05, 0.1) is 12.1 Å². The minimum atomic E-state index is -0.804. The molecule has 0 spiro atoms. The van der Waals surface area contributed by atoms with Gasteiger partial charge in [0.2, 0.25) is 0 Å².